The first kappa shape index (κ1) is 23.1. The van der Waals surface area contributed by atoms with Crippen LogP contribution < -0.4 is 4.90 Å². The number of benzene rings is 1. The van der Waals surface area contributed by atoms with Crippen molar-refractivity contribution in [2.75, 3.05) is 44.8 Å². The maximum Gasteiger partial charge on any atom is 0.417 e. The monoisotopic (exact) mass is 461 g/mol. The minimum absolute atomic E-state index is 0.0399. The molecule has 1 amide bonds. The highest BCUT2D eigenvalue weighted by molar-refractivity contribution is 5.92. The van der Waals surface area contributed by atoms with Crippen molar-refractivity contribution in [3.63, 3.8) is 0 Å². The van der Waals surface area contributed by atoms with Gasteiger partial charge in [-0.05, 0) is 37.6 Å². The molecule has 176 valence electrons. The number of amides is 1. The molecule has 0 spiro atoms. The Bertz CT molecular complexity index is 1080. The number of carbonyl (C=O) groups is 1. The fraction of sp³-hybridized carbons (Fsp3) is 0.522. The van der Waals surface area contributed by atoms with Crippen molar-refractivity contribution in [3.8, 4) is 6.07 Å². The van der Waals surface area contributed by atoms with Gasteiger partial charge in [0.2, 0.25) is 0 Å². The van der Waals surface area contributed by atoms with Gasteiger partial charge in [0, 0.05) is 63.1 Å². The molecular formula is C23H26F3N5O2. The Labute approximate surface area is 190 Å². The van der Waals surface area contributed by atoms with Crippen LogP contribution in [-0.4, -0.2) is 60.5 Å². The van der Waals surface area contributed by atoms with E-state index in [2.05, 4.69) is 5.10 Å². The number of aryl methyl sites for hydroxylation is 1. The van der Waals surface area contributed by atoms with Crippen molar-refractivity contribution in [1.82, 2.24) is 14.7 Å². The summed E-state index contributed by atoms with van der Waals surface area (Å²) >= 11 is 0. The molecule has 2 aliphatic heterocycles. The zero-order valence-electron chi connectivity index (χ0n) is 18.6. The predicted octanol–water partition coefficient (Wildman–Crippen LogP) is 3.41. The number of hydrogen-bond acceptors (Lipinski definition) is 5. The number of likely N-dealkylation sites (tertiary alicyclic amines) is 1. The summed E-state index contributed by atoms with van der Waals surface area (Å²) < 4.78 is 47.7. The van der Waals surface area contributed by atoms with Crippen LogP contribution in [0.2, 0.25) is 0 Å². The number of anilines is 1. The van der Waals surface area contributed by atoms with Gasteiger partial charge in [0.25, 0.3) is 5.91 Å². The highest BCUT2D eigenvalue weighted by atomic mass is 19.4. The minimum atomic E-state index is -4.61. The average Bonchev–Trinajstić information content (AvgIpc) is 3.42. The van der Waals surface area contributed by atoms with Crippen LogP contribution in [0.15, 0.2) is 30.5 Å². The second kappa shape index (κ2) is 8.71. The number of methoxy groups -OCH3 is 1. The number of piperidine rings is 1. The fourth-order valence-corrected chi connectivity index (χ4v) is 5.18. The molecule has 2 aliphatic rings. The summed E-state index contributed by atoms with van der Waals surface area (Å²) in [7, 11) is 1.62. The zero-order chi connectivity index (χ0) is 23.8. The van der Waals surface area contributed by atoms with Crippen LogP contribution in [0.3, 0.4) is 0 Å². The van der Waals surface area contributed by atoms with E-state index in [-0.39, 0.29) is 17.2 Å². The number of carbonyl (C=O) groups excluding carboxylic acids is 1. The molecule has 4 rings (SSSR count). The Kier molecular flexibility index (Phi) is 6.10. The molecule has 2 atom stereocenters. The number of nitriles is 1. The number of aromatic nitrogens is 2. The molecule has 2 fully saturated rings. The second-order valence-corrected chi connectivity index (χ2v) is 8.75. The maximum atomic E-state index is 13.5. The molecule has 0 saturated carbocycles. The standard InChI is InChI=1S/C23H26F3N5O2/c1-3-31-20(6-8-28-31)21(32)29-9-7-22(15-33-2)14-30(13-17(22)12-29)18-5-4-16(11-27)19(10-18)23(24,25)26/h4-6,8,10,17H,3,7,9,12-15H2,1-2H3/t17-,22+/m1/s1. The summed E-state index contributed by atoms with van der Waals surface area (Å²) in [6, 6.07) is 7.18. The van der Waals surface area contributed by atoms with Gasteiger partial charge >= 0.3 is 6.18 Å². The SMILES string of the molecule is CCn1nccc1C(=O)N1CC[C@@]2(COC)CN(c3ccc(C#N)c(C(F)(F)F)c3)C[C@H]2C1. The third kappa shape index (κ3) is 4.17. The number of ether oxygens (including phenoxy) is 1. The lowest BCUT2D eigenvalue weighted by Crippen LogP contribution is -2.51. The van der Waals surface area contributed by atoms with Gasteiger partial charge < -0.3 is 14.5 Å². The summed E-state index contributed by atoms with van der Waals surface area (Å²) in [4.78, 5) is 16.9. The molecule has 10 heteroatoms. The van der Waals surface area contributed by atoms with Crippen molar-refractivity contribution in [2.45, 2.75) is 26.1 Å². The van der Waals surface area contributed by atoms with Gasteiger partial charge in [-0.25, -0.2) is 0 Å². The van der Waals surface area contributed by atoms with E-state index in [0.29, 0.717) is 57.1 Å². The molecule has 2 saturated heterocycles. The summed E-state index contributed by atoms with van der Waals surface area (Å²) in [5.74, 6) is -0.0466. The third-order valence-electron chi connectivity index (χ3n) is 6.88. The Morgan fingerprint density at radius 3 is 2.79 bits per heavy atom. The number of fused-ring (bicyclic) bond motifs is 1. The van der Waals surface area contributed by atoms with Crippen LogP contribution in [0.4, 0.5) is 18.9 Å². The summed E-state index contributed by atoms with van der Waals surface area (Å²) in [6.45, 7) is 5.05. The van der Waals surface area contributed by atoms with Crippen LogP contribution in [-0.2, 0) is 17.5 Å². The molecule has 3 heterocycles. The Hall–Kier alpha value is -3.06. The Balaban J connectivity index is 1.59. The quantitative estimate of drug-likeness (QED) is 0.682. The third-order valence-corrected chi connectivity index (χ3v) is 6.88. The average molecular weight is 461 g/mol. The van der Waals surface area contributed by atoms with E-state index in [9.17, 15) is 18.0 Å². The molecule has 7 nitrogen and oxygen atoms in total. The van der Waals surface area contributed by atoms with Crippen LogP contribution in [0.1, 0.15) is 35.0 Å². The van der Waals surface area contributed by atoms with Crippen LogP contribution >= 0.6 is 0 Å². The Morgan fingerprint density at radius 2 is 2.12 bits per heavy atom. The zero-order valence-corrected chi connectivity index (χ0v) is 18.6. The van der Waals surface area contributed by atoms with Gasteiger partial charge in [-0.2, -0.15) is 23.5 Å². The van der Waals surface area contributed by atoms with Crippen molar-refractivity contribution in [3.05, 3.63) is 47.3 Å². The molecule has 33 heavy (non-hydrogen) atoms. The first-order chi connectivity index (χ1) is 15.7. The number of halogens is 3. The minimum Gasteiger partial charge on any atom is -0.384 e. The number of rotatable bonds is 5. The van der Waals surface area contributed by atoms with Gasteiger partial charge in [-0.3, -0.25) is 9.48 Å². The molecule has 1 aromatic carbocycles. The van der Waals surface area contributed by atoms with Crippen molar-refractivity contribution in [1.29, 1.82) is 5.26 Å². The molecule has 1 aromatic heterocycles. The lowest BCUT2D eigenvalue weighted by molar-refractivity contribution is -0.137. The summed E-state index contributed by atoms with van der Waals surface area (Å²) in [6.07, 6.45) is -2.31. The van der Waals surface area contributed by atoms with Gasteiger partial charge in [0.05, 0.1) is 23.8 Å². The lowest BCUT2D eigenvalue weighted by Gasteiger charge is -2.43. The normalized spacial score (nSPS) is 22.8. The Morgan fingerprint density at radius 1 is 1.33 bits per heavy atom. The van der Waals surface area contributed by atoms with E-state index in [0.717, 1.165) is 6.07 Å². The van der Waals surface area contributed by atoms with Gasteiger partial charge in [0.1, 0.15) is 5.69 Å². The van der Waals surface area contributed by atoms with E-state index in [4.69, 9.17) is 10.00 Å². The van der Waals surface area contributed by atoms with Crippen molar-refractivity contribution < 1.29 is 22.7 Å². The molecule has 0 radical (unpaired) electrons. The molecule has 0 N–H and O–H groups in total. The van der Waals surface area contributed by atoms with Crippen LogP contribution in [0.25, 0.3) is 0 Å². The number of alkyl halides is 3. The number of hydrogen-bond donors (Lipinski definition) is 0. The molecular weight excluding hydrogens is 435 g/mol. The molecule has 0 unspecified atom stereocenters. The highest BCUT2D eigenvalue weighted by Crippen LogP contribution is 2.45. The van der Waals surface area contributed by atoms with E-state index in [1.807, 2.05) is 16.7 Å². The highest BCUT2D eigenvalue weighted by Gasteiger charge is 2.50. The van der Waals surface area contributed by atoms with Crippen molar-refractivity contribution >= 4 is 11.6 Å². The number of nitrogens with zero attached hydrogens (tertiary/aromatic N) is 5. The predicted molar refractivity (Wildman–Crippen MR) is 115 cm³/mol. The summed E-state index contributed by atoms with van der Waals surface area (Å²) in [5, 5.41) is 13.3. The smallest absolute Gasteiger partial charge is 0.384 e. The first-order valence-electron chi connectivity index (χ1n) is 10.9. The lowest BCUT2D eigenvalue weighted by atomic mass is 9.73. The second-order valence-electron chi connectivity index (χ2n) is 8.75. The van der Waals surface area contributed by atoms with E-state index in [1.54, 1.807) is 36.2 Å². The topological polar surface area (TPSA) is 74.4 Å². The maximum absolute atomic E-state index is 13.5. The van der Waals surface area contributed by atoms with E-state index in [1.165, 1.54) is 6.07 Å². The van der Waals surface area contributed by atoms with Crippen LogP contribution in [0, 0.1) is 22.7 Å². The summed E-state index contributed by atoms with van der Waals surface area (Å²) in [5.41, 5.74) is -0.619. The molecule has 0 bridgehead atoms. The van der Waals surface area contributed by atoms with Crippen LogP contribution in [0.5, 0.6) is 0 Å². The molecule has 2 aromatic rings. The van der Waals surface area contributed by atoms with Crippen molar-refractivity contribution in [2.24, 2.45) is 11.3 Å². The van der Waals surface area contributed by atoms with Gasteiger partial charge in [-0.15, -0.1) is 0 Å². The van der Waals surface area contributed by atoms with E-state index < -0.39 is 17.3 Å². The molecule has 0 aliphatic carbocycles. The van der Waals surface area contributed by atoms with E-state index >= 15 is 0 Å². The van der Waals surface area contributed by atoms with Gasteiger partial charge in [0.15, 0.2) is 0 Å². The van der Waals surface area contributed by atoms with Gasteiger partial charge in [-0.1, -0.05) is 0 Å². The fourth-order valence-electron chi connectivity index (χ4n) is 5.18. The first-order valence-corrected chi connectivity index (χ1v) is 10.9. The largest absolute Gasteiger partial charge is 0.417 e.